The second-order valence-electron chi connectivity index (χ2n) is 5.62. The Balaban J connectivity index is 2.01. The summed E-state index contributed by atoms with van der Waals surface area (Å²) in [4.78, 5) is 0. The molecule has 0 radical (unpaired) electrons. The maximum atomic E-state index is 6.31. The first-order valence-electron chi connectivity index (χ1n) is 6.72. The van der Waals surface area contributed by atoms with Crippen LogP contribution in [-0.2, 0) is 6.42 Å². The van der Waals surface area contributed by atoms with Gasteiger partial charge in [0, 0.05) is 6.04 Å². The van der Waals surface area contributed by atoms with Gasteiger partial charge in [0.2, 0.25) is 0 Å². The van der Waals surface area contributed by atoms with Crippen molar-refractivity contribution in [3.8, 4) is 0 Å². The Labute approximate surface area is 105 Å². The molecular weight excluding hydrogens is 208 g/mol. The van der Waals surface area contributed by atoms with E-state index >= 15 is 0 Å². The molecule has 2 nitrogen and oxygen atoms in total. The molecule has 1 aliphatic heterocycles. The number of nitrogens with one attached hydrogen (secondary N) is 1. The van der Waals surface area contributed by atoms with Gasteiger partial charge in [0.25, 0.3) is 0 Å². The molecule has 0 aromatic heterocycles. The Morgan fingerprint density at radius 2 is 2.00 bits per heavy atom. The molecule has 1 fully saturated rings. The largest absolute Gasteiger partial charge is 0.324 e. The van der Waals surface area contributed by atoms with E-state index in [1.54, 1.807) is 0 Å². The first kappa shape index (κ1) is 12.6. The Kier molecular flexibility index (Phi) is 4.19. The highest BCUT2D eigenvalue weighted by molar-refractivity contribution is 5.25. The third-order valence-corrected chi connectivity index (χ3v) is 3.61. The molecule has 0 spiro atoms. The van der Waals surface area contributed by atoms with Crippen LogP contribution in [0.25, 0.3) is 0 Å². The predicted molar refractivity (Wildman–Crippen MR) is 72.9 cm³/mol. The van der Waals surface area contributed by atoms with E-state index in [2.05, 4.69) is 43.4 Å². The average Bonchev–Trinajstić information content (AvgIpc) is 2.82. The summed E-state index contributed by atoms with van der Waals surface area (Å²) >= 11 is 0. The van der Waals surface area contributed by atoms with Gasteiger partial charge in [-0.25, -0.2) is 0 Å². The first-order chi connectivity index (χ1) is 8.16. The summed E-state index contributed by atoms with van der Waals surface area (Å²) in [7, 11) is 0. The predicted octanol–water partition coefficient (Wildman–Crippen LogP) is 2.49. The minimum Gasteiger partial charge on any atom is -0.324 e. The lowest BCUT2D eigenvalue weighted by molar-refractivity contribution is 0.470. The zero-order chi connectivity index (χ0) is 12.3. The Bertz CT molecular complexity index is 336. The fourth-order valence-electron chi connectivity index (χ4n) is 2.60. The SMILES string of the molecule is CC(C)Cc1ccc(C(N)C2CCNC2)cc1. The second-order valence-corrected chi connectivity index (χ2v) is 5.62. The van der Waals surface area contributed by atoms with Crippen LogP contribution in [0.5, 0.6) is 0 Å². The minimum absolute atomic E-state index is 0.193. The van der Waals surface area contributed by atoms with Crippen molar-refractivity contribution in [3.63, 3.8) is 0 Å². The molecule has 0 amide bonds. The third kappa shape index (κ3) is 3.30. The van der Waals surface area contributed by atoms with E-state index in [0.717, 1.165) is 19.5 Å². The molecule has 2 atom stereocenters. The lowest BCUT2D eigenvalue weighted by atomic mass is 9.92. The van der Waals surface area contributed by atoms with Gasteiger partial charge in [-0.05, 0) is 48.9 Å². The van der Waals surface area contributed by atoms with Crippen molar-refractivity contribution in [2.45, 2.75) is 32.7 Å². The van der Waals surface area contributed by atoms with E-state index in [0.29, 0.717) is 11.8 Å². The van der Waals surface area contributed by atoms with Crippen molar-refractivity contribution in [1.29, 1.82) is 0 Å². The van der Waals surface area contributed by atoms with Crippen molar-refractivity contribution < 1.29 is 0 Å². The van der Waals surface area contributed by atoms with Gasteiger partial charge in [-0.2, -0.15) is 0 Å². The van der Waals surface area contributed by atoms with Crippen LogP contribution in [0.4, 0.5) is 0 Å². The molecule has 2 rings (SSSR count). The Hall–Kier alpha value is -0.860. The molecule has 1 aliphatic rings. The van der Waals surface area contributed by atoms with Gasteiger partial charge < -0.3 is 11.1 Å². The van der Waals surface area contributed by atoms with Gasteiger partial charge in [-0.3, -0.25) is 0 Å². The molecule has 2 heteroatoms. The van der Waals surface area contributed by atoms with Crippen LogP contribution in [0.3, 0.4) is 0 Å². The van der Waals surface area contributed by atoms with Crippen molar-refractivity contribution in [2.75, 3.05) is 13.1 Å². The van der Waals surface area contributed by atoms with E-state index in [1.165, 1.54) is 17.5 Å². The summed E-state index contributed by atoms with van der Waals surface area (Å²) in [6.07, 6.45) is 2.36. The summed E-state index contributed by atoms with van der Waals surface area (Å²) in [5.41, 5.74) is 9.01. The summed E-state index contributed by atoms with van der Waals surface area (Å²) in [6.45, 7) is 6.69. The molecule has 1 aromatic carbocycles. The molecule has 0 saturated carbocycles. The zero-order valence-corrected chi connectivity index (χ0v) is 10.9. The Morgan fingerprint density at radius 3 is 2.53 bits per heavy atom. The van der Waals surface area contributed by atoms with Crippen molar-refractivity contribution in [2.24, 2.45) is 17.6 Å². The van der Waals surface area contributed by atoms with Crippen LogP contribution in [0.1, 0.15) is 37.4 Å². The topological polar surface area (TPSA) is 38.0 Å². The van der Waals surface area contributed by atoms with E-state index in [-0.39, 0.29) is 6.04 Å². The smallest absolute Gasteiger partial charge is 0.0336 e. The molecule has 1 saturated heterocycles. The van der Waals surface area contributed by atoms with Crippen molar-refractivity contribution in [1.82, 2.24) is 5.32 Å². The quantitative estimate of drug-likeness (QED) is 0.837. The van der Waals surface area contributed by atoms with Crippen molar-refractivity contribution in [3.05, 3.63) is 35.4 Å². The van der Waals surface area contributed by atoms with Gasteiger partial charge in [0.05, 0.1) is 0 Å². The molecule has 3 N–H and O–H groups in total. The molecule has 0 bridgehead atoms. The van der Waals surface area contributed by atoms with E-state index < -0.39 is 0 Å². The minimum atomic E-state index is 0.193. The summed E-state index contributed by atoms with van der Waals surface area (Å²) < 4.78 is 0. The van der Waals surface area contributed by atoms with Crippen molar-refractivity contribution >= 4 is 0 Å². The first-order valence-corrected chi connectivity index (χ1v) is 6.72. The van der Waals surface area contributed by atoms with Gasteiger partial charge in [0.15, 0.2) is 0 Å². The monoisotopic (exact) mass is 232 g/mol. The molecule has 17 heavy (non-hydrogen) atoms. The highest BCUT2D eigenvalue weighted by Gasteiger charge is 2.22. The maximum Gasteiger partial charge on any atom is 0.0336 e. The van der Waals surface area contributed by atoms with Gasteiger partial charge in [-0.15, -0.1) is 0 Å². The van der Waals surface area contributed by atoms with E-state index in [9.17, 15) is 0 Å². The Morgan fingerprint density at radius 1 is 1.29 bits per heavy atom. The van der Waals surface area contributed by atoms with E-state index in [1.807, 2.05) is 0 Å². The van der Waals surface area contributed by atoms with Crippen LogP contribution in [0, 0.1) is 11.8 Å². The highest BCUT2D eigenvalue weighted by Crippen LogP contribution is 2.24. The number of hydrogen-bond acceptors (Lipinski definition) is 2. The normalized spacial score (nSPS) is 22.0. The average molecular weight is 232 g/mol. The molecular formula is C15H24N2. The second kappa shape index (κ2) is 5.65. The third-order valence-electron chi connectivity index (χ3n) is 3.61. The number of rotatable bonds is 4. The van der Waals surface area contributed by atoms with Gasteiger partial charge in [0.1, 0.15) is 0 Å². The number of hydrogen-bond donors (Lipinski definition) is 2. The number of benzene rings is 1. The van der Waals surface area contributed by atoms with Gasteiger partial charge in [-0.1, -0.05) is 38.1 Å². The van der Waals surface area contributed by atoms with Crippen LogP contribution in [0.15, 0.2) is 24.3 Å². The van der Waals surface area contributed by atoms with Gasteiger partial charge >= 0.3 is 0 Å². The van der Waals surface area contributed by atoms with Crippen LogP contribution in [-0.4, -0.2) is 13.1 Å². The van der Waals surface area contributed by atoms with Crippen LogP contribution >= 0.6 is 0 Å². The summed E-state index contributed by atoms with van der Waals surface area (Å²) in [5, 5.41) is 3.38. The fourth-order valence-corrected chi connectivity index (χ4v) is 2.60. The summed E-state index contributed by atoms with van der Waals surface area (Å²) in [5.74, 6) is 1.32. The maximum absolute atomic E-state index is 6.31. The highest BCUT2D eigenvalue weighted by atomic mass is 14.9. The zero-order valence-electron chi connectivity index (χ0n) is 10.9. The van der Waals surface area contributed by atoms with Crippen LogP contribution in [0.2, 0.25) is 0 Å². The standard InChI is InChI=1S/C15H24N2/c1-11(2)9-12-3-5-13(6-4-12)15(16)14-7-8-17-10-14/h3-6,11,14-15,17H,7-10,16H2,1-2H3. The molecule has 1 aromatic rings. The lowest BCUT2D eigenvalue weighted by Crippen LogP contribution is -2.23. The fraction of sp³-hybridized carbons (Fsp3) is 0.600. The number of nitrogens with two attached hydrogens (primary N) is 1. The molecule has 1 heterocycles. The molecule has 2 unspecified atom stereocenters. The molecule has 94 valence electrons. The molecule has 0 aliphatic carbocycles. The van der Waals surface area contributed by atoms with Crippen LogP contribution < -0.4 is 11.1 Å². The van der Waals surface area contributed by atoms with E-state index in [4.69, 9.17) is 5.73 Å². The summed E-state index contributed by atoms with van der Waals surface area (Å²) in [6, 6.07) is 9.08. The lowest BCUT2D eigenvalue weighted by Gasteiger charge is -2.19.